The molecule has 1 saturated heterocycles. The number of hydrogen-bond donors (Lipinski definition) is 1. The van der Waals surface area contributed by atoms with E-state index in [-0.39, 0.29) is 30.0 Å². The van der Waals surface area contributed by atoms with E-state index in [0.29, 0.717) is 6.54 Å². The van der Waals surface area contributed by atoms with Crippen LogP contribution in [0.25, 0.3) is 0 Å². The number of benzene rings is 1. The number of hydrogen-bond acceptors (Lipinski definition) is 5. The van der Waals surface area contributed by atoms with E-state index in [0.717, 1.165) is 61.5 Å². The SMILES string of the molecule is CCNC(=NCC(c1ccc(Cl)cc1)n1cccn1)N1CCN(Cc2ccon2)CC1.I. The first-order valence-electron chi connectivity index (χ1n) is 10.6. The first-order valence-corrected chi connectivity index (χ1v) is 11.0. The summed E-state index contributed by atoms with van der Waals surface area (Å²) in [7, 11) is 0. The van der Waals surface area contributed by atoms with Crippen LogP contribution in [0.2, 0.25) is 5.02 Å². The van der Waals surface area contributed by atoms with Gasteiger partial charge in [0, 0.05) is 62.8 Å². The number of nitrogens with one attached hydrogen (secondary N) is 1. The van der Waals surface area contributed by atoms with Crippen molar-refractivity contribution in [3.63, 3.8) is 0 Å². The molecule has 0 aliphatic carbocycles. The summed E-state index contributed by atoms with van der Waals surface area (Å²) in [5.41, 5.74) is 2.10. The van der Waals surface area contributed by atoms with Crippen molar-refractivity contribution in [3.8, 4) is 0 Å². The van der Waals surface area contributed by atoms with Gasteiger partial charge >= 0.3 is 0 Å². The van der Waals surface area contributed by atoms with E-state index in [2.05, 4.69) is 32.3 Å². The fourth-order valence-corrected chi connectivity index (χ4v) is 3.88. The highest BCUT2D eigenvalue weighted by atomic mass is 127. The highest BCUT2D eigenvalue weighted by Crippen LogP contribution is 2.20. The molecule has 172 valence electrons. The Morgan fingerprint density at radius 2 is 1.97 bits per heavy atom. The van der Waals surface area contributed by atoms with Gasteiger partial charge in [-0.2, -0.15) is 5.10 Å². The number of halogens is 2. The van der Waals surface area contributed by atoms with E-state index in [1.165, 1.54) is 0 Å². The Hall–Kier alpha value is -2.11. The lowest BCUT2D eigenvalue weighted by Crippen LogP contribution is -2.52. The molecule has 1 unspecified atom stereocenters. The first-order chi connectivity index (χ1) is 15.2. The van der Waals surface area contributed by atoms with Gasteiger partial charge in [-0.3, -0.25) is 14.6 Å². The zero-order chi connectivity index (χ0) is 21.5. The second-order valence-electron chi connectivity index (χ2n) is 7.50. The van der Waals surface area contributed by atoms with Gasteiger partial charge in [-0.1, -0.05) is 28.9 Å². The lowest BCUT2D eigenvalue weighted by atomic mass is 10.1. The minimum atomic E-state index is 0. The third kappa shape index (κ3) is 6.46. The molecule has 0 saturated carbocycles. The highest BCUT2D eigenvalue weighted by Gasteiger charge is 2.21. The molecule has 0 spiro atoms. The van der Waals surface area contributed by atoms with Crippen molar-refractivity contribution >= 4 is 41.5 Å². The smallest absolute Gasteiger partial charge is 0.194 e. The third-order valence-corrected chi connectivity index (χ3v) is 5.65. The van der Waals surface area contributed by atoms with Gasteiger partial charge in [0.2, 0.25) is 0 Å². The molecule has 8 nitrogen and oxygen atoms in total. The first kappa shape index (κ1) is 24.5. The molecular weight excluding hydrogens is 541 g/mol. The molecule has 10 heteroatoms. The van der Waals surface area contributed by atoms with E-state index in [9.17, 15) is 0 Å². The van der Waals surface area contributed by atoms with E-state index >= 15 is 0 Å². The molecule has 2 aromatic heterocycles. The van der Waals surface area contributed by atoms with Crippen LogP contribution in [0.4, 0.5) is 0 Å². The van der Waals surface area contributed by atoms with Gasteiger partial charge in [0.1, 0.15) is 6.26 Å². The maximum Gasteiger partial charge on any atom is 0.194 e. The molecule has 1 aliphatic rings. The molecule has 4 rings (SSSR count). The summed E-state index contributed by atoms with van der Waals surface area (Å²) in [6.45, 7) is 8.06. The van der Waals surface area contributed by atoms with Crippen LogP contribution in [0.1, 0.15) is 24.2 Å². The molecule has 32 heavy (non-hydrogen) atoms. The lowest BCUT2D eigenvalue weighted by Gasteiger charge is -2.36. The molecule has 0 amide bonds. The van der Waals surface area contributed by atoms with E-state index < -0.39 is 0 Å². The minimum Gasteiger partial charge on any atom is -0.364 e. The van der Waals surface area contributed by atoms with Crippen LogP contribution in [0, 0.1) is 0 Å². The summed E-state index contributed by atoms with van der Waals surface area (Å²) in [4.78, 5) is 9.70. The van der Waals surface area contributed by atoms with Gasteiger partial charge in [0.05, 0.1) is 18.3 Å². The fourth-order valence-electron chi connectivity index (χ4n) is 3.76. The standard InChI is InChI=1S/C22H28ClN7O.HI/c1-2-24-22(29-13-11-28(12-14-29)17-20-8-15-31-27-20)25-16-21(30-10-3-9-26-30)18-4-6-19(23)7-5-18;/h3-10,15,21H,2,11-14,16-17H2,1H3,(H,24,25);1H. The predicted molar refractivity (Wildman–Crippen MR) is 137 cm³/mol. The molecule has 1 N–H and O–H groups in total. The highest BCUT2D eigenvalue weighted by molar-refractivity contribution is 14.0. The number of piperazine rings is 1. The molecule has 0 radical (unpaired) electrons. The predicted octanol–water partition coefficient (Wildman–Crippen LogP) is 3.52. The summed E-state index contributed by atoms with van der Waals surface area (Å²) >= 11 is 6.09. The zero-order valence-corrected chi connectivity index (χ0v) is 21.2. The Balaban J connectivity index is 0.00000289. The van der Waals surface area contributed by atoms with E-state index in [1.54, 1.807) is 12.5 Å². The molecule has 0 bridgehead atoms. The quantitative estimate of drug-likeness (QED) is 0.267. The monoisotopic (exact) mass is 569 g/mol. The molecule has 1 aromatic carbocycles. The van der Waals surface area contributed by atoms with Crippen LogP contribution in [0.15, 0.2) is 64.6 Å². The Kier molecular flexibility index (Phi) is 9.36. The summed E-state index contributed by atoms with van der Waals surface area (Å²) in [6.07, 6.45) is 5.40. The minimum absolute atomic E-state index is 0. The van der Waals surface area contributed by atoms with Gasteiger partial charge in [0.15, 0.2) is 5.96 Å². The average molecular weight is 570 g/mol. The van der Waals surface area contributed by atoms with Crippen LogP contribution < -0.4 is 5.32 Å². The summed E-state index contributed by atoms with van der Waals surface area (Å²) in [5, 5.41) is 12.7. The molecule has 1 fully saturated rings. The van der Waals surface area contributed by atoms with Crippen molar-refractivity contribution in [2.75, 3.05) is 39.3 Å². The number of aliphatic imine (C=N–C) groups is 1. The van der Waals surface area contributed by atoms with Crippen molar-refractivity contribution in [1.82, 2.24) is 30.1 Å². The van der Waals surface area contributed by atoms with Gasteiger partial charge in [-0.25, -0.2) is 0 Å². The second kappa shape index (κ2) is 12.2. The molecule has 1 aliphatic heterocycles. The van der Waals surface area contributed by atoms with Crippen LogP contribution in [0.3, 0.4) is 0 Å². The Labute approximate surface area is 210 Å². The topological polar surface area (TPSA) is 74.7 Å². The summed E-state index contributed by atoms with van der Waals surface area (Å²) < 4.78 is 6.90. The van der Waals surface area contributed by atoms with Gasteiger partial charge in [-0.15, -0.1) is 24.0 Å². The summed E-state index contributed by atoms with van der Waals surface area (Å²) in [5.74, 6) is 0.940. The Morgan fingerprint density at radius 3 is 2.59 bits per heavy atom. The van der Waals surface area contributed by atoms with Crippen LogP contribution in [-0.4, -0.2) is 70.0 Å². The molecule has 3 heterocycles. The van der Waals surface area contributed by atoms with Crippen LogP contribution >= 0.6 is 35.6 Å². The van der Waals surface area contributed by atoms with Gasteiger partial charge in [0.25, 0.3) is 0 Å². The largest absolute Gasteiger partial charge is 0.364 e. The van der Waals surface area contributed by atoms with Crippen molar-refractivity contribution in [3.05, 3.63) is 71.3 Å². The number of guanidine groups is 1. The Bertz CT molecular complexity index is 939. The summed E-state index contributed by atoms with van der Waals surface area (Å²) in [6, 6.07) is 11.8. The van der Waals surface area contributed by atoms with Crippen molar-refractivity contribution < 1.29 is 4.52 Å². The number of rotatable bonds is 7. The molecule has 1 atom stereocenters. The molecular formula is C22H29ClIN7O. The van der Waals surface area contributed by atoms with Crippen LogP contribution in [-0.2, 0) is 6.54 Å². The lowest BCUT2D eigenvalue weighted by molar-refractivity contribution is 0.169. The fraction of sp³-hybridized carbons (Fsp3) is 0.409. The van der Waals surface area contributed by atoms with Crippen molar-refractivity contribution in [2.45, 2.75) is 19.5 Å². The van der Waals surface area contributed by atoms with Crippen molar-refractivity contribution in [1.29, 1.82) is 0 Å². The third-order valence-electron chi connectivity index (χ3n) is 5.40. The number of nitrogens with zero attached hydrogens (tertiary/aromatic N) is 6. The maximum atomic E-state index is 6.09. The van der Waals surface area contributed by atoms with Gasteiger partial charge < -0.3 is 14.7 Å². The second-order valence-corrected chi connectivity index (χ2v) is 7.94. The van der Waals surface area contributed by atoms with Crippen molar-refractivity contribution in [2.24, 2.45) is 4.99 Å². The molecule has 3 aromatic rings. The number of aromatic nitrogens is 3. The van der Waals surface area contributed by atoms with E-state index in [1.807, 2.05) is 47.3 Å². The maximum absolute atomic E-state index is 6.09. The van der Waals surface area contributed by atoms with Gasteiger partial charge in [-0.05, 0) is 30.7 Å². The zero-order valence-electron chi connectivity index (χ0n) is 18.1. The Morgan fingerprint density at radius 1 is 1.19 bits per heavy atom. The normalized spacial score (nSPS) is 15.9. The van der Waals surface area contributed by atoms with E-state index in [4.69, 9.17) is 21.1 Å². The van der Waals surface area contributed by atoms with Crippen LogP contribution in [0.5, 0.6) is 0 Å². The average Bonchev–Trinajstić information content (AvgIpc) is 3.50.